The number of aromatic nitrogens is 2. The first-order valence-electron chi connectivity index (χ1n) is 9.47. The maximum atomic E-state index is 13.8. The molecule has 0 radical (unpaired) electrons. The van der Waals surface area contributed by atoms with Crippen LogP contribution in [-0.4, -0.2) is 35.4 Å². The predicted octanol–water partition coefficient (Wildman–Crippen LogP) is 2.30. The molecule has 1 aliphatic heterocycles. The van der Waals surface area contributed by atoms with Crippen molar-refractivity contribution in [3.8, 4) is 5.75 Å². The Kier molecular flexibility index (Phi) is 6.79. The van der Waals surface area contributed by atoms with Gasteiger partial charge in [-0.3, -0.25) is 4.79 Å². The van der Waals surface area contributed by atoms with Gasteiger partial charge in [0.1, 0.15) is 0 Å². The molecule has 1 aromatic carbocycles. The van der Waals surface area contributed by atoms with Crippen LogP contribution >= 0.6 is 12.2 Å². The number of quaternary nitrogens is 1. The summed E-state index contributed by atoms with van der Waals surface area (Å²) < 4.78 is 31.6. The molecule has 0 spiro atoms. The van der Waals surface area contributed by atoms with Crippen molar-refractivity contribution in [2.24, 2.45) is 5.92 Å². The van der Waals surface area contributed by atoms with Gasteiger partial charge in [-0.25, -0.2) is 4.39 Å². The highest BCUT2D eigenvalue weighted by atomic mass is 32.1. The molecule has 1 N–H and O–H groups in total. The van der Waals surface area contributed by atoms with Gasteiger partial charge in [-0.05, 0) is 38.2 Å². The minimum atomic E-state index is -0.579. The first kappa shape index (κ1) is 20.5. The van der Waals surface area contributed by atoms with Crippen LogP contribution in [0.15, 0.2) is 28.7 Å². The SMILES string of the molecule is CCOC(=O)C1CC[NH+](Cn2nc([C@@H](C)Oc3ccccc3F)oc2=S)CC1. The van der Waals surface area contributed by atoms with Gasteiger partial charge in [-0.15, -0.1) is 5.10 Å². The van der Waals surface area contributed by atoms with E-state index in [0.717, 1.165) is 25.9 Å². The maximum Gasteiger partial charge on any atom is 0.309 e. The molecule has 7 nitrogen and oxygen atoms in total. The van der Waals surface area contributed by atoms with Crippen LogP contribution in [0, 0.1) is 16.6 Å². The minimum absolute atomic E-state index is 0.0290. The first-order valence-corrected chi connectivity index (χ1v) is 9.88. The third-order valence-electron chi connectivity index (χ3n) is 4.80. The quantitative estimate of drug-likeness (QED) is 0.558. The molecule has 1 aromatic heterocycles. The van der Waals surface area contributed by atoms with Crippen molar-refractivity contribution in [3.05, 3.63) is 40.8 Å². The molecule has 0 unspecified atom stereocenters. The van der Waals surface area contributed by atoms with Crippen LogP contribution < -0.4 is 9.64 Å². The zero-order valence-electron chi connectivity index (χ0n) is 16.0. The normalized spacial score (nSPS) is 20.5. The van der Waals surface area contributed by atoms with Crippen molar-refractivity contribution in [2.45, 2.75) is 39.5 Å². The van der Waals surface area contributed by atoms with E-state index in [2.05, 4.69) is 5.10 Å². The van der Waals surface area contributed by atoms with Gasteiger partial charge in [0.15, 0.2) is 24.3 Å². The van der Waals surface area contributed by atoms with Crippen LogP contribution in [0.1, 0.15) is 38.7 Å². The van der Waals surface area contributed by atoms with Gasteiger partial charge in [0.05, 0.1) is 25.6 Å². The molecule has 1 fully saturated rings. The van der Waals surface area contributed by atoms with Crippen molar-refractivity contribution in [1.82, 2.24) is 9.78 Å². The number of ether oxygens (including phenoxy) is 2. The summed E-state index contributed by atoms with van der Waals surface area (Å²) in [5.74, 6) is -0.146. The van der Waals surface area contributed by atoms with Crippen LogP contribution in [0.5, 0.6) is 5.75 Å². The summed E-state index contributed by atoms with van der Waals surface area (Å²) in [6.45, 7) is 6.16. The minimum Gasteiger partial charge on any atom is -0.478 e. The summed E-state index contributed by atoms with van der Waals surface area (Å²) in [5.41, 5.74) is 0. The number of rotatable bonds is 7. The molecule has 0 amide bonds. The number of piperidine rings is 1. The number of esters is 1. The highest BCUT2D eigenvalue weighted by Crippen LogP contribution is 2.23. The average Bonchev–Trinajstić information content (AvgIpc) is 3.05. The van der Waals surface area contributed by atoms with Crippen LogP contribution in [0.2, 0.25) is 0 Å². The first-order chi connectivity index (χ1) is 13.5. The van der Waals surface area contributed by atoms with Crippen LogP contribution in [0.25, 0.3) is 0 Å². The third-order valence-corrected chi connectivity index (χ3v) is 5.09. The Labute approximate surface area is 168 Å². The highest BCUT2D eigenvalue weighted by molar-refractivity contribution is 7.71. The van der Waals surface area contributed by atoms with Gasteiger partial charge >= 0.3 is 5.97 Å². The third kappa shape index (κ3) is 4.96. The summed E-state index contributed by atoms with van der Waals surface area (Å²) >= 11 is 5.27. The molecule has 1 atom stereocenters. The van der Waals surface area contributed by atoms with Gasteiger partial charge in [-0.1, -0.05) is 12.1 Å². The molecule has 1 saturated heterocycles. The summed E-state index contributed by atoms with van der Waals surface area (Å²) in [4.78, 5) is 13.4. The van der Waals surface area contributed by atoms with Crippen molar-refractivity contribution in [3.63, 3.8) is 0 Å². The van der Waals surface area contributed by atoms with Gasteiger partial charge in [0.2, 0.25) is 0 Å². The molecule has 28 heavy (non-hydrogen) atoms. The summed E-state index contributed by atoms with van der Waals surface area (Å²) in [6, 6.07) is 6.18. The molecular weight excluding hydrogens is 385 g/mol. The molecule has 0 aliphatic carbocycles. The second kappa shape index (κ2) is 9.29. The number of hydrogen-bond acceptors (Lipinski definition) is 6. The molecule has 3 rings (SSSR count). The number of halogens is 1. The fourth-order valence-electron chi connectivity index (χ4n) is 3.26. The average molecular weight is 410 g/mol. The standard InChI is InChI=1S/C19H24FN3O4S/c1-3-25-18(24)14-8-10-22(11-9-14)12-23-19(28)27-17(21-23)13(2)26-16-7-5-4-6-15(16)20/h4-7,13-14H,3,8-12H2,1-2H3/p+1/t13-/m1/s1. The highest BCUT2D eigenvalue weighted by Gasteiger charge is 2.29. The van der Waals surface area contributed by atoms with E-state index < -0.39 is 11.9 Å². The Hall–Kier alpha value is -2.26. The molecule has 1 aliphatic rings. The summed E-state index contributed by atoms with van der Waals surface area (Å²) in [5, 5.41) is 4.40. The fraction of sp³-hybridized carbons (Fsp3) is 0.526. The van der Waals surface area contributed by atoms with Crippen molar-refractivity contribution in [2.75, 3.05) is 19.7 Å². The summed E-state index contributed by atoms with van der Waals surface area (Å²) in [7, 11) is 0. The molecule has 2 aromatic rings. The molecule has 9 heteroatoms. The number of likely N-dealkylation sites (tertiary alicyclic amines) is 1. The fourth-order valence-corrected chi connectivity index (χ4v) is 3.45. The molecule has 0 bridgehead atoms. The van der Waals surface area contributed by atoms with Gasteiger partial charge < -0.3 is 18.8 Å². The second-order valence-electron chi connectivity index (χ2n) is 6.83. The zero-order chi connectivity index (χ0) is 20.1. The van der Waals surface area contributed by atoms with Crippen LogP contribution in [-0.2, 0) is 16.2 Å². The van der Waals surface area contributed by atoms with Crippen LogP contribution in [0.4, 0.5) is 4.39 Å². The van der Waals surface area contributed by atoms with E-state index in [9.17, 15) is 9.18 Å². The molecular formula is C19H25FN3O4S+. The van der Waals surface area contributed by atoms with Gasteiger partial charge in [0, 0.05) is 12.8 Å². The van der Waals surface area contributed by atoms with Crippen molar-refractivity contribution in [1.29, 1.82) is 0 Å². The van der Waals surface area contributed by atoms with E-state index in [1.165, 1.54) is 11.0 Å². The number of benzene rings is 1. The Morgan fingerprint density at radius 2 is 2.14 bits per heavy atom. The van der Waals surface area contributed by atoms with Crippen molar-refractivity contribution < 1.29 is 28.0 Å². The number of nitrogens with zero attached hydrogens (tertiary/aromatic N) is 2. The van der Waals surface area contributed by atoms with E-state index in [1.54, 1.807) is 29.8 Å². The number of hydrogen-bond donors (Lipinski definition) is 1. The lowest BCUT2D eigenvalue weighted by Gasteiger charge is -2.27. The maximum absolute atomic E-state index is 13.8. The van der Waals surface area contributed by atoms with E-state index in [-0.39, 0.29) is 22.5 Å². The Bertz CT molecular complexity index is 861. The lowest BCUT2D eigenvalue weighted by Crippen LogP contribution is -3.12. The lowest BCUT2D eigenvalue weighted by molar-refractivity contribution is -0.929. The predicted molar refractivity (Wildman–Crippen MR) is 101 cm³/mol. The van der Waals surface area contributed by atoms with E-state index in [4.69, 9.17) is 26.1 Å². The van der Waals surface area contributed by atoms with Crippen LogP contribution in [0.3, 0.4) is 0 Å². The Balaban J connectivity index is 1.58. The largest absolute Gasteiger partial charge is 0.478 e. The number of nitrogens with one attached hydrogen (secondary N) is 1. The zero-order valence-corrected chi connectivity index (χ0v) is 16.8. The van der Waals surface area contributed by atoms with Gasteiger partial charge in [0.25, 0.3) is 10.7 Å². The van der Waals surface area contributed by atoms with E-state index in [0.29, 0.717) is 19.2 Å². The van der Waals surface area contributed by atoms with Crippen molar-refractivity contribution >= 4 is 18.2 Å². The smallest absolute Gasteiger partial charge is 0.309 e. The Morgan fingerprint density at radius 1 is 1.43 bits per heavy atom. The van der Waals surface area contributed by atoms with E-state index >= 15 is 0 Å². The lowest BCUT2D eigenvalue weighted by atomic mass is 9.97. The topological polar surface area (TPSA) is 70.9 Å². The van der Waals surface area contributed by atoms with Gasteiger partial charge in [-0.2, -0.15) is 4.68 Å². The molecule has 152 valence electrons. The van der Waals surface area contributed by atoms with E-state index in [1.807, 2.05) is 6.92 Å². The monoisotopic (exact) mass is 410 g/mol. The molecule has 2 heterocycles. The second-order valence-corrected chi connectivity index (χ2v) is 7.18. The number of para-hydroxylation sites is 1. The molecule has 0 saturated carbocycles. The number of carbonyl (C=O) groups is 1. The Morgan fingerprint density at radius 3 is 2.82 bits per heavy atom. The number of carbonyl (C=O) groups excluding carboxylic acids is 1. The summed E-state index contributed by atoms with van der Waals surface area (Å²) in [6.07, 6.45) is 0.974.